The largest absolute Gasteiger partial charge is 0.494 e. The zero-order valence-corrected chi connectivity index (χ0v) is 13.0. The van der Waals surface area contributed by atoms with Gasteiger partial charge in [-0.3, -0.25) is 9.59 Å². The molecule has 0 aliphatic carbocycles. The van der Waals surface area contributed by atoms with Crippen LogP contribution in [-0.2, 0) is 7.05 Å². The van der Waals surface area contributed by atoms with E-state index in [0.717, 1.165) is 11.3 Å². The molecular formula is C17H20N2O3. The SMILES string of the molecule is CCOc1cccc([C@@H](C)NC(=O)c2ccn(C)c(=O)c2)c1. The van der Waals surface area contributed by atoms with E-state index in [2.05, 4.69) is 5.32 Å². The summed E-state index contributed by atoms with van der Waals surface area (Å²) >= 11 is 0. The minimum Gasteiger partial charge on any atom is -0.494 e. The van der Waals surface area contributed by atoms with Gasteiger partial charge in [0.15, 0.2) is 0 Å². The van der Waals surface area contributed by atoms with Gasteiger partial charge in [-0.25, -0.2) is 0 Å². The van der Waals surface area contributed by atoms with E-state index in [4.69, 9.17) is 4.74 Å². The molecule has 0 fully saturated rings. The predicted octanol–water partition coefficient (Wildman–Crippen LogP) is 2.28. The number of nitrogens with one attached hydrogen (secondary N) is 1. The molecule has 0 aliphatic rings. The van der Waals surface area contributed by atoms with Gasteiger partial charge >= 0.3 is 0 Å². The van der Waals surface area contributed by atoms with Crippen molar-refractivity contribution in [3.05, 3.63) is 64.1 Å². The highest BCUT2D eigenvalue weighted by Gasteiger charge is 2.12. The van der Waals surface area contributed by atoms with Gasteiger partial charge in [0.1, 0.15) is 5.75 Å². The molecule has 22 heavy (non-hydrogen) atoms. The summed E-state index contributed by atoms with van der Waals surface area (Å²) in [6.07, 6.45) is 1.58. The van der Waals surface area contributed by atoms with Gasteiger partial charge in [-0.15, -0.1) is 0 Å². The fourth-order valence-corrected chi connectivity index (χ4v) is 2.09. The molecule has 2 aromatic rings. The van der Waals surface area contributed by atoms with Crippen molar-refractivity contribution in [2.24, 2.45) is 7.05 Å². The Morgan fingerprint density at radius 3 is 2.77 bits per heavy atom. The van der Waals surface area contributed by atoms with Gasteiger partial charge in [0.05, 0.1) is 12.6 Å². The molecule has 5 nitrogen and oxygen atoms in total. The van der Waals surface area contributed by atoms with Crippen LogP contribution in [0.2, 0.25) is 0 Å². The Morgan fingerprint density at radius 2 is 2.09 bits per heavy atom. The topological polar surface area (TPSA) is 60.3 Å². The Balaban J connectivity index is 2.12. The average Bonchev–Trinajstić information content (AvgIpc) is 2.50. The van der Waals surface area contributed by atoms with Crippen molar-refractivity contribution in [2.45, 2.75) is 19.9 Å². The maximum Gasteiger partial charge on any atom is 0.252 e. The van der Waals surface area contributed by atoms with Gasteiger partial charge in [-0.05, 0) is 37.6 Å². The highest BCUT2D eigenvalue weighted by atomic mass is 16.5. The first kappa shape index (κ1) is 15.8. The third-order valence-electron chi connectivity index (χ3n) is 3.38. The number of nitrogens with zero attached hydrogens (tertiary/aromatic N) is 1. The first-order chi connectivity index (χ1) is 10.5. The number of ether oxygens (including phenoxy) is 1. The van der Waals surface area contributed by atoms with Crippen LogP contribution in [0.1, 0.15) is 35.8 Å². The summed E-state index contributed by atoms with van der Waals surface area (Å²) in [5.41, 5.74) is 1.10. The number of hydrogen-bond acceptors (Lipinski definition) is 3. The van der Waals surface area contributed by atoms with Gasteiger partial charge in [-0.2, -0.15) is 0 Å². The number of aromatic nitrogens is 1. The summed E-state index contributed by atoms with van der Waals surface area (Å²) in [7, 11) is 1.64. The van der Waals surface area contributed by atoms with Gasteiger partial charge < -0.3 is 14.6 Å². The van der Waals surface area contributed by atoms with Crippen LogP contribution in [0.4, 0.5) is 0 Å². The molecule has 0 spiro atoms. The number of benzene rings is 1. The quantitative estimate of drug-likeness (QED) is 0.921. The van der Waals surface area contributed by atoms with E-state index in [-0.39, 0.29) is 17.5 Å². The van der Waals surface area contributed by atoms with E-state index in [1.807, 2.05) is 38.1 Å². The molecule has 0 unspecified atom stereocenters. The van der Waals surface area contributed by atoms with Crippen LogP contribution in [0.25, 0.3) is 0 Å². The molecule has 5 heteroatoms. The van der Waals surface area contributed by atoms with Crippen molar-refractivity contribution in [1.82, 2.24) is 9.88 Å². The van der Waals surface area contributed by atoms with Crippen molar-refractivity contribution in [3.63, 3.8) is 0 Å². The minimum absolute atomic E-state index is 0.183. The summed E-state index contributed by atoms with van der Waals surface area (Å²) in [5, 5.41) is 2.89. The molecule has 1 atom stereocenters. The zero-order valence-electron chi connectivity index (χ0n) is 13.0. The third-order valence-corrected chi connectivity index (χ3v) is 3.38. The maximum absolute atomic E-state index is 12.2. The van der Waals surface area contributed by atoms with Crippen molar-refractivity contribution >= 4 is 5.91 Å². The molecule has 1 aromatic carbocycles. The van der Waals surface area contributed by atoms with Crippen molar-refractivity contribution in [2.75, 3.05) is 6.61 Å². The van der Waals surface area contributed by atoms with E-state index >= 15 is 0 Å². The number of hydrogen-bond donors (Lipinski definition) is 1. The lowest BCUT2D eigenvalue weighted by Gasteiger charge is -2.15. The Labute approximate surface area is 129 Å². The van der Waals surface area contributed by atoms with Crippen molar-refractivity contribution in [1.29, 1.82) is 0 Å². The molecule has 0 aliphatic heterocycles. The third kappa shape index (κ3) is 3.75. The monoisotopic (exact) mass is 300 g/mol. The predicted molar refractivity (Wildman–Crippen MR) is 85.2 cm³/mol. The number of carbonyl (C=O) groups excluding carboxylic acids is 1. The lowest BCUT2D eigenvalue weighted by Crippen LogP contribution is -2.28. The van der Waals surface area contributed by atoms with E-state index < -0.39 is 0 Å². The molecule has 1 N–H and O–H groups in total. The molecule has 0 saturated heterocycles. The summed E-state index contributed by atoms with van der Waals surface area (Å²) in [6, 6.07) is 10.4. The Hall–Kier alpha value is -2.56. The molecule has 1 aromatic heterocycles. The standard InChI is InChI=1S/C17H20N2O3/c1-4-22-15-7-5-6-13(10-15)12(2)18-17(21)14-8-9-19(3)16(20)11-14/h5-12H,4H2,1-3H3,(H,18,21)/t12-/m1/s1. The second-order valence-corrected chi connectivity index (χ2v) is 5.07. The van der Waals surface area contributed by atoms with E-state index in [1.165, 1.54) is 10.6 Å². The fraction of sp³-hybridized carbons (Fsp3) is 0.294. The molecular weight excluding hydrogens is 280 g/mol. The normalized spacial score (nSPS) is 11.8. The maximum atomic E-state index is 12.2. The first-order valence-corrected chi connectivity index (χ1v) is 7.21. The van der Waals surface area contributed by atoms with Crippen LogP contribution in [0.15, 0.2) is 47.4 Å². The molecule has 1 heterocycles. The lowest BCUT2D eigenvalue weighted by atomic mass is 10.1. The Morgan fingerprint density at radius 1 is 1.32 bits per heavy atom. The second kappa shape index (κ2) is 6.93. The Bertz CT molecular complexity index is 722. The minimum atomic E-state index is -0.271. The van der Waals surface area contributed by atoms with Crippen molar-refractivity contribution in [3.8, 4) is 5.75 Å². The van der Waals surface area contributed by atoms with Gasteiger partial charge in [0, 0.05) is 24.9 Å². The smallest absolute Gasteiger partial charge is 0.252 e. The lowest BCUT2D eigenvalue weighted by molar-refractivity contribution is 0.0939. The molecule has 1 amide bonds. The van der Waals surface area contributed by atoms with Gasteiger partial charge in [0.2, 0.25) is 0 Å². The van der Waals surface area contributed by atoms with Crippen LogP contribution in [0, 0.1) is 0 Å². The van der Waals surface area contributed by atoms with Gasteiger partial charge in [0.25, 0.3) is 11.5 Å². The number of carbonyl (C=O) groups is 1. The Kier molecular flexibility index (Phi) is 4.99. The van der Waals surface area contributed by atoms with Crippen LogP contribution in [0.5, 0.6) is 5.75 Å². The number of amides is 1. The molecule has 2 rings (SSSR count). The van der Waals surface area contributed by atoms with E-state index in [0.29, 0.717) is 12.2 Å². The number of pyridine rings is 1. The van der Waals surface area contributed by atoms with Gasteiger partial charge in [-0.1, -0.05) is 12.1 Å². The molecule has 0 radical (unpaired) electrons. The number of rotatable bonds is 5. The van der Waals surface area contributed by atoms with Crippen molar-refractivity contribution < 1.29 is 9.53 Å². The number of aryl methyl sites for hydroxylation is 1. The molecule has 0 saturated carbocycles. The highest BCUT2D eigenvalue weighted by Crippen LogP contribution is 2.19. The van der Waals surface area contributed by atoms with Crippen LogP contribution < -0.4 is 15.6 Å². The summed E-state index contributed by atoms with van der Waals surface area (Å²) in [4.78, 5) is 23.8. The molecule has 0 bridgehead atoms. The summed E-state index contributed by atoms with van der Waals surface area (Å²) in [5.74, 6) is 0.502. The fourth-order valence-electron chi connectivity index (χ4n) is 2.09. The van der Waals surface area contributed by atoms with E-state index in [1.54, 1.807) is 19.3 Å². The van der Waals surface area contributed by atoms with Crippen LogP contribution >= 0.6 is 0 Å². The highest BCUT2D eigenvalue weighted by molar-refractivity contribution is 5.94. The average molecular weight is 300 g/mol. The zero-order chi connectivity index (χ0) is 16.1. The second-order valence-electron chi connectivity index (χ2n) is 5.07. The summed E-state index contributed by atoms with van der Waals surface area (Å²) in [6.45, 7) is 4.41. The first-order valence-electron chi connectivity index (χ1n) is 7.21. The van der Waals surface area contributed by atoms with Crippen LogP contribution in [0.3, 0.4) is 0 Å². The van der Waals surface area contributed by atoms with Crippen LogP contribution in [-0.4, -0.2) is 17.1 Å². The van der Waals surface area contributed by atoms with E-state index in [9.17, 15) is 9.59 Å². The summed E-state index contributed by atoms with van der Waals surface area (Å²) < 4.78 is 6.88. The molecule has 116 valence electrons.